The molecule has 5 nitrogen and oxygen atoms in total. The third-order valence-corrected chi connectivity index (χ3v) is 7.29. The van der Waals surface area contributed by atoms with E-state index < -0.39 is 15.9 Å². The fourth-order valence-electron chi connectivity index (χ4n) is 2.79. The number of amides is 1. The van der Waals surface area contributed by atoms with Crippen LogP contribution in [0.15, 0.2) is 82.2 Å². The largest absolute Gasteiger partial charge is 0.351 e. The van der Waals surface area contributed by atoms with Crippen LogP contribution in [0.4, 0.5) is 0 Å². The Morgan fingerprint density at radius 1 is 0.839 bits per heavy atom. The highest BCUT2D eigenvalue weighted by molar-refractivity contribution is 9.10. The molecule has 0 aliphatic heterocycles. The molecule has 0 aliphatic rings. The summed E-state index contributed by atoms with van der Waals surface area (Å²) < 4.78 is 28.5. The number of hydrogen-bond donors (Lipinski definition) is 1. The first-order chi connectivity index (χ1) is 14.7. The quantitative estimate of drug-likeness (QED) is 0.423. The van der Waals surface area contributed by atoms with Crippen LogP contribution in [-0.2, 0) is 27.9 Å². The van der Waals surface area contributed by atoms with Crippen molar-refractivity contribution in [2.75, 3.05) is 6.54 Å². The van der Waals surface area contributed by atoms with Gasteiger partial charge in [-0.15, -0.1) is 0 Å². The number of carbonyl (C=O) groups excluding carboxylic acids is 1. The van der Waals surface area contributed by atoms with Gasteiger partial charge in [-0.2, -0.15) is 4.31 Å². The van der Waals surface area contributed by atoms with Gasteiger partial charge in [0.25, 0.3) is 0 Å². The smallest absolute Gasteiger partial charge is 0.243 e. The zero-order chi connectivity index (χ0) is 22.4. The summed E-state index contributed by atoms with van der Waals surface area (Å²) in [6.07, 6.45) is 0. The lowest BCUT2D eigenvalue weighted by Gasteiger charge is -2.22. The van der Waals surface area contributed by atoms with Crippen molar-refractivity contribution < 1.29 is 13.2 Å². The van der Waals surface area contributed by atoms with Crippen molar-refractivity contribution >= 4 is 55.1 Å². The van der Waals surface area contributed by atoms with E-state index in [0.717, 1.165) is 19.9 Å². The van der Waals surface area contributed by atoms with Crippen molar-refractivity contribution in [2.24, 2.45) is 0 Å². The van der Waals surface area contributed by atoms with E-state index in [4.69, 9.17) is 23.2 Å². The second-order valence-electron chi connectivity index (χ2n) is 6.76. The SMILES string of the molecule is O=C(CN(Cc1ccc(Br)cc1)S(=O)(=O)c1ccc(Cl)cc1)NCc1ccc(Cl)cc1. The molecule has 9 heteroatoms. The van der Waals surface area contributed by atoms with Crippen LogP contribution in [0, 0.1) is 0 Å². The van der Waals surface area contributed by atoms with Gasteiger partial charge in [-0.25, -0.2) is 8.42 Å². The van der Waals surface area contributed by atoms with Gasteiger partial charge in [0.2, 0.25) is 15.9 Å². The normalized spacial score (nSPS) is 11.5. The Hall–Kier alpha value is -1.90. The summed E-state index contributed by atoms with van der Waals surface area (Å²) in [5, 5.41) is 3.79. The van der Waals surface area contributed by atoms with E-state index in [1.54, 1.807) is 36.4 Å². The predicted octanol–water partition coefficient (Wildman–Crippen LogP) is 5.26. The summed E-state index contributed by atoms with van der Waals surface area (Å²) in [5.74, 6) is -0.412. The molecule has 1 N–H and O–H groups in total. The van der Waals surface area contributed by atoms with E-state index in [0.29, 0.717) is 10.0 Å². The van der Waals surface area contributed by atoms with Crippen LogP contribution in [0.1, 0.15) is 11.1 Å². The van der Waals surface area contributed by atoms with Gasteiger partial charge in [-0.1, -0.05) is 63.4 Å². The molecule has 3 aromatic rings. The van der Waals surface area contributed by atoms with Crippen molar-refractivity contribution in [2.45, 2.75) is 18.0 Å². The summed E-state index contributed by atoms with van der Waals surface area (Å²) in [6, 6.07) is 20.2. The minimum atomic E-state index is -3.93. The van der Waals surface area contributed by atoms with E-state index in [2.05, 4.69) is 21.2 Å². The van der Waals surface area contributed by atoms with Gasteiger partial charge in [-0.3, -0.25) is 4.79 Å². The zero-order valence-electron chi connectivity index (χ0n) is 16.3. The van der Waals surface area contributed by atoms with Gasteiger partial charge in [0.15, 0.2) is 0 Å². The van der Waals surface area contributed by atoms with Gasteiger partial charge in [-0.05, 0) is 59.7 Å². The van der Waals surface area contributed by atoms with E-state index >= 15 is 0 Å². The standard InChI is InChI=1S/C22H19BrCl2N2O3S/c23-18-5-1-17(2-6-18)14-27(31(29,30)21-11-9-20(25)10-12-21)15-22(28)26-13-16-3-7-19(24)8-4-16/h1-12H,13-15H2,(H,26,28). The fourth-order valence-corrected chi connectivity index (χ4v) is 4.69. The summed E-state index contributed by atoms with van der Waals surface area (Å²) in [5.41, 5.74) is 1.61. The summed E-state index contributed by atoms with van der Waals surface area (Å²) >= 11 is 15.1. The highest BCUT2D eigenvalue weighted by Gasteiger charge is 2.27. The van der Waals surface area contributed by atoms with Crippen molar-refractivity contribution in [3.63, 3.8) is 0 Å². The lowest BCUT2D eigenvalue weighted by molar-refractivity contribution is -0.121. The van der Waals surface area contributed by atoms with Gasteiger partial charge < -0.3 is 5.32 Å². The lowest BCUT2D eigenvalue weighted by atomic mass is 10.2. The highest BCUT2D eigenvalue weighted by atomic mass is 79.9. The average molecular weight is 542 g/mol. The van der Waals surface area contributed by atoms with Gasteiger partial charge in [0.1, 0.15) is 0 Å². The zero-order valence-corrected chi connectivity index (χ0v) is 20.2. The molecule has 3 rings (SSSR count). The van der Waals surface area contributed by atoms with Crippen molar-refractivity contribution in [1.82, 2.24) is 9.62 Å². The Morgan fingerprint density at radius 2 is 1.35 bits per heavy atom. The number of nitrogens with zero attached hydrogens (tertiary/aromatic N) is 1. The molecule has 0 aliphatic carbocycles. The van der Waals surface area contributed by atoms with Gasteiger partial charge >= 0.3 is 0 Å². The maximum Gasteiger partial charge on any atom is 0.243 e. The molecule has 0 atom stereocenters. The maximum atomic E-state index is 13.2. The van der Waals surface area contributed by atoms with Crippen LogP contribution in [0.3, 0.4) is 0 Å². The topological polar surface area (TPSA) is 66.5 Å². The van der Waals surface area contributed by atoms with E-state index in [1.165, 1.54) is 24.3 Å². The molecular formula is C22H19BrCl2N2O3S. The molecule has 0 unspecified atom stereocenters. The molecule has 0 aromatic heterocycles. The van der Waals surface area contributed by atoms with Crippen molar-refractivity contribution in [3.05, 3.63) is 98.4 Å². The first kappa shape index (κ1) is 23.8. The predicted molar refractivity (Wildman–Crippen MR) is 126 cm³/mol. The van der Waals surface area contributed by atoms with E-state index in [9.17, 15) is 13.2 Å². The molecule has 0 saturated carbocycles. The Morgan fingerprint density at radius 3 is 1.94 bits per heavy atom. The number of carbonyl (C=O) groups is 1. The molecule has 0 heterocycles. The third-order valence-electron chi connectivity index (χ3n) is 4.45. The average Bonchev–Trinajstić information content (AvgIpc) is 2.74. The van der Waals surface area contributed by atoms with E-state index in [-0.39, 0.29) is 24.5 Å². The Bertz CT molecular complexity index is 1140. The summed E-state index contributed by atoms with van der Waals surface area (Å²) in [6.45, 7) is -0.00959. The molecule has 0 bridgehead atoms. The maximum absolute atomic E-state index is 13.2. The van der Waals surface area contributed by atoms with Crippen LogP contribution >= 0.6 is 39.1 Å². The van der Waals surface area contributed by atoms with Gasteiger partial charge in [0.05, 0.1) is 11.4 Å². The Kier molecular flexibility index (Phi) is 8.13. The number of rotatable bonds is 8. The molecule has 0 spiro atoms. The van der Waals surface area contributed by atoms with Crippen LogP contribution in [-0.4, -0.2) is 25.2 Å². The van der Waals surface area contributed by atoms with Crippen LogP contribution in [0.25, 0.3) is 0 Å². The number of benzene rings is 3. The number of nitrogens with one attached hydrogen (secondary N) is 1. The summed E-state index contributed by atoms with van der Waals surface area (Å²) in [7, 11) is -3.93. The first-order valence-corrected chi connectivity index (χ1v) is 12.2. The second kappa shape index (κ2) is 10.6. The fraction of sp³-hybridized carbons (Fsp3) is 0.136. The molecule has 31 heavy (non-hydrogen) atoms. The minimum Gasteiger partial charge on any atom is -0.351 e. The molecule has 3 aromatic carbocycles. The molecule has 0 radical (unpaired) electrons. The third kappa shape index (κ3) is 6.79. The second-order valence-corrected chi connectivity index (χ2v) is 10.5. The Labute approximate surface area is 200 Å². The van der Waals surface area contributed by atoms with Gasteiger partial charge in [0, 0.05) is 27.6 Å². The summed E-state index contributed by atoms with van der Waals surface area (Å²) in [4.78, 5) is 12.7. The molecule has 1 amide bonds. The Balaban J connectivity index is 1.79. The van der Waals surface area contributed by atoms with Crippen LogP contribution in [0.5, 0.6) is 0 Å². The van der Waals surface area contributed by atoms with Crippen molar-refractivity contribution in [3.8, 4) is 0 Å². The molecule has 0 fully saturated rings. The lowest BCUT2D eigenvalue weighted by Crippen LogP contribution is -2.40. The number of hydrogen-bond acceptors (Lipinski definition) is 3. The van der Waals surface area contributed by atoms with Crippen LogP contribution < -0.4 is 5.32 Å². The number of halogens is 3. The minimum absolute atomic E-state index is 0.0482. The molecular weight excluding hydrogens is 523 g/mol. The molecule has 162 valence electrons. The monoisotopic (exact) mass is 540 g/mol. The van der Waals surface area contributed by atoms with Crippen molar-refractivity contribution in [1.29, 1.82) is 0 Å². The van der Waals surface area contributed by atoms with Crippen LogP contribution in [0.2, 0.25) is 10.0 Å². The van der Waals surface area contributed by atoms with E-state index in [1.807, 2.05) is 12.1 Å². The first-order valence-electron chi connectivity index (χ1n) is 9.25. The molecule has 0 saturated heterocycles. The highest BCUT2D eigenvalue weighted by Crippen LogP contribution is 2.21. The number of sulfonamides is 1.